The lowest BCUT2D eigenvalue weighted by Gasteiger charge is -2.10. The highest BCUT2D eigenvalue weighted by atomic mass is 16.1. The topological polar surface area (TPSA) is 80.6 Å². The molecular weight excluding hydrogens is 292 g/mol. The van der Waals surface area contributed by atoms with Crippen molar-refractivity contribution in [2.75, 3.05) is 0 Å². The highest BCUT2D eigenvalue weighted by Crippen LogP contribution is 2.11. The van der Waals surface area contributed by atoms with Gasteiger partial charge in [0.05, 0.1) is 21.8 Å². The van der Waals surface area contributed by atoms with Crippen LogP contribution in [0.25, 0.3) is 27.8 Å². The summed E-state index contributed by atoms with van der Waals surface area (Å²) in [5, 5.41) is 0.963. The van der Waals surface area contributed by atoms with Gasteiger partial charge in [0.25, 0.3) is 11.1 Å². The molecule has 6 heteroatoms. The number of para-hydroxylation sites is 2. The van der Waals surface area contributed by atoms with Gasteiger partial charge < -0.3 is 0 Å². The molecule has 0 spiro atoms. The number of H-pyrrole nitrogens is 1. The van der Waals surface area contributed by atoms with Crippen LogP contribution in [0.3, 0.4) is 0 Å². The second-order valence-electron chi connectivity index (χ2n) is 5.22. The minimum atomic E-state index is -0.287. The number of aromatic amines is 1. The van der Waals surface area contributed by atoms with E-state index in [9.17, 15) is 9.59 Å². The van der Waals surface area contributed by atoms with Crippen LogP contribution in [0.2, 0.25) is 0 Å². The van der Waals surface area contributed by atoms with E-state index >= 15 is 0 Å². The largest absolute Gasteiger partial charge is 0.291 e. The molecule has 0 fully saturated rings. The van der Waals surface area contributed by atoms with Crippen molar-refractivity contribution in [1.29, 1.82) is 0 Å². The van der Waals surface area contributed by atoms with E-state index in [0.29, 0.717) is 27.6 Å². The van der Waals surface area contributed by atoms with Gasteiger partial charge in [0.1, 0.15) is 5.82 Å². The first-order valence-electron chi connectivity index (χ1n) is 7.13. The van der Waals surface area contributed by atoms with Crippen molar-refractivity contribution >= 4 is 21.8 Å². The molecule has 2 aromatic carbocycles. The Bertz CT molecular complexity index is 1170. The van der Waals surface area contributed by atoms with Crippen LogP contribution in [0.1, 0.15) is 5.82 Å². The van der Waals surface area contributed by atoms with Crippen LogP contribution in [0.5, 0.6) is 0 Å². The van der Waals surface area contributed by atoms with Crippen LogP contribution >= 0.6 is 0 Å². The maximum atomic E-state index is 12.8. The molecule has 2 heterocycles. The molecular formula is C17H12N4O2. The lowest BCUT2D eigenvalue weighted by atomic mass is 10.2. The van der Waals surface area contributed by atoms with E-state index in [1.165, 1.54) is 4.57 Å². The Kier molecular flexibility index (Phi) is 2.84. The van der Waals surface area contributed by atoms with Gasteiger partial charge in [-0.1, -0.05) is 24.3 Å². The highest BCUT2D eigenvalue weighted by Gasteiger charge is 2.12. The number of nitrogens with zero attached hydrogens (tertiary/aromatic N) is 3. The zero-order valence-electron chi connectivity index (χ0n) is 12.3. The third kappa shape index (κ3) is 2.03. The van der Waals surface area contributed by atoms with E-state index in [4.69, 9.17) is 0 Å². The van der Waals surface area contributed by atoms with Gasteiger partial charge in [0, 0.05) is 0 Å². The van der Waals surface area contributed by atoms with Crippen LogP contribution in [0, 0.1) is 6.92 Å². The van der Waals surface area contributed by atoms with Crippen molar-refractivity contribution in [3.63, 3.8) is 0 Å². The number of rotatable bonds is 1. The van der Waals surface area contributed by atoms with Crippen LogP contribution in [-0.2, 0) is 0 Å². The minimum absolute atomic E-state index is 0.175. The van der Waals surface area contributed by atoms with Gasteiger partial charge in [-0.3, -0.25) is 14.6 Å². The Hall–Kier alpha value is -3.28. The number of nitrogens with one attached hydrogen (secondary N) is 1. The average molecular weight is 304 g/mol. The van der Waals surface area contributed by atoms with Crippen molar-refractivity contribution in [2.45, 2.75) is 6.92 Å². The fourth-order valence-electron chi connectivity index (χ4n) is 2.67. The van der Waals surface area contributed by atoms with E-state index in [2.05, 4.69) is 15.0 Å². The predicted octanol–water partition coefficient (Wildman–Crippen LogP) is 1.93. The van der Waals surface area contributed by atoms with Crippen molar-refractivity contribution in [1.82, 2.24) is 19.5 Å². The van der Waals surface area contributed by atoms with E-state index in [1.54, 1.807) is 49.4 Å². The lowest BCUT2D eigenvalue weighted by molar-refractivity contribution is 0.829. The Balaban J connectivity index is 2.11. The number of hydrogen-bond donors (Lipinski definition) is 1. The zero-order valence-corrected chi connectivity index (χ0v) is 12.3. The molecule has 4 aromatic rings. The first-order valence-corrected chi connectivity index (χ1v) is 7.13. The summed E-state index contributed by atoms with van der Waals surface area (Å²) in [4.78, 5) is 36.5. The van der Waals surface area contributed by atoms with Gasteiger partial charge in [-0.15, -0.1) is 0 Å². The Morgan fingerprint density at radius 3 is 2.22 bits per heavy atom. The van der Waals surface area contributed by atoms with Crippen molar-refractivity contribution in [2.24, 2.45) is 0 Å². The summed E-state index contributed by atoms with van der Waals surface area (Å²) >= 11 is 0. The second-order valence-corrected chi connectivity index (χ2v) is 5.22. The highest BCUT2D eigenvalue weighted by molar-refractivity contribution is 5.79. The van der Waals surface area contributed by atoms with Crippen LogP contribution < -0.4 is 11.1 Å². The minimum Gasteiger partial charge on any atom is -0.291 e. The van der Waals surface area contributed by atoms with Crippen LogP contribution in [-0.4, -0.2) is 19.5 Å². The molecule has 0 radical (unpaired) electrons. The summed E-state index contributed by atoms with van der Waals surface area (Å²) in [6.45, 7) is 1.71. The SMILES string of the molecule is Cc1nc2ccccc2c(=O)n1-c1nc2ccccc2c(=O)[nH]1. The molecule has 0 atom stereocenters. The number of fused-ring (bicyclic) bond motifs is 2. The third-order valence-corrected chi connectivity index (χ3v) is 3.76. The molecule has 0 amide bonds. The summed E-state index contributed by atoms with van der Waals surface area (Å²) in [6.07, 6.45) is 0. The van der Waals surface area contributed by atoms with Crippen LogP contribution in [0.4, 0.5) is 0 Å². The van der Waals surface area contributed by atoms with Gasteiger partial charge in [-0.2, -0.15) is 0 Å². The first-order chi connectivity index (χ1) is 11.1. The number of aryl methyl sites for hydroxylation is 1. The molecule has 23 heavy (non-hydrogen) atoms. The quantitative estimate of drug-likeness (QED) is 0.582. The molecule has 0 unspecified atom stereocenters. The molecule has 0 aliphatic carbocycles. The molecule has 0 saturated carbocycles. The molecule has 4 rings (SSSR count). The standard InChI is InChI=1S/C17H12N4O2/c1-10-18-14-9-5-3-7-12(14)16(23)21(10)17-19-13-8-4-2-6-11(13)15(22)20-17/h2-9H,1H3,(H,19,20,22). The van der Waals surface area contributed by atoms with Gasteiger partial charge in [-0.05, 0) is 31.2 Å². The Morgan fingerprint density at radius 1 is 0.870 bits per heavy atom. The number of aromatic nitrogens is 4. The summed E-state index contributed by atoms with van der Waals surface area (Å²) in [5.74, 6) is 0.640. The molecule has 6 nitrogen and oxygen atoms in total. The summed E-state index contributed by atoms with van der Waals surface area (Å²) in [5.41, 5.74) is 0.608. The molecule has 0 saturated heterocycles. The van der Waals surface area contributed by atoms with E-state index in [0.717, 1.165) is 0 Å². The summed E-state index contributed by atoms with van der Waals surface area (Å²) < 4.78 is 1.33. The molecule has 1 N–H and O–H groups in total. The maximum absolute atomic E-state index is 12.8. The van der Waals surface area contributed by atoms with Gasteiger partial charge in [0.15, 0.2) is 0 Å². The molecule has 0 aliphatic heterocycles. The van der Waals surface area contributed by atoms with Crippen molar-refractivity contribution in [3.05, 3.63) is 75.1 Å². The Morgan fingerprint density at radius 2 is 1.48 bits per heavy atom. The summed E-state index contributed by atoms with van der Waals surface area (Å²) in [6, 6.07) is 14.1. The van der Waals surface area contributed by atoms with Gasteiger partial charge >= 0.3 is 0 Å². The molecule has 2 aromatic heterocycles. The Labute approximate surface area is 130 Å². The smallest absolute Gasteiger partial charge is 0.268 e. The normalized spacial score (nSPS) is 11.2. The van der Waals surface area contributed by atoms with Crippen molar-refractivity contribution < 1.29 is 0 Å². The van der Waals surface area contributed by atoms with Gasteiger partial charge in [0.2, 0.25) is 5.95 Å². The zero-order chi connectivity index (χ0) is 16.0. The number of hydrogen-bond acceptors (Lipinski definition) is 4. The maximum Gasteiger partial charge on any atom is 0.268 e. The van der Waals surface area contributed by atoms with E-state index in [-0.39, 0.29) is 17.1 Å². The average Bonchev–Trinajstić information content (AvgIpc) is 2.55. The third-order valence-electron chi connectivity index (χ3n) is 3.76. The second kappa shape index (κ2) is 4.88. The first kappa shape index (κ1) is 13.4. The molecule has 112 valence electrons. The van der Waals surface area contributed by atoms with E-state index < -0.39 is 0 Å². The fraction of sp³-hybridized carbons (Fsp3) is 0.0588. The van der Waals surface area contributed by atoms with Gasteiger partial charge in [-0.25, -0.2) is 14.5 Å². The van der Waals surface area contributed by atoms with E-state index in [1.807, 2.05) is 6.07 Å². The lowest BCUT2D eigenvalue weighted by Crippen LogP contribution is -2.26. The monoisotopic (exact) mass is 304 g/mol. The molecule has 0 aliphatic rings. The van der Waals surface area contributed by atoms with Crippen molar-refractivity contribution in [3.8, 4) is 5.95 Å². The summed E-state index contributed by atoms with van der Waals surface area (Å²) in [7, 11) is 0. The molecule has 0 bridgehead atoms. The van der Waals surface area contributed by atoms with Crippen LogP contribution in [0.15, 0.2) is 58.1 Å². The fourth-order valence-corrected chi connectivity index (χ4v) is 2.67. The number of benzene rings is 2. The predicted molar refractivity (Wildman–Crippen MR) is 88.0 cm³/mol.